The number of esters is 2. The van der Waals surface area contributed by atoms with Gasteiger partial charge >= 0.3 is 11.9 Å². The van der Waals surface area contributed by atoms with Crippen LogP contribution in [-0.2, 0) is 28.7 Å². The van der Waals surface area contributed by atoms with Crippen LogP contribution in [0.15, 0.2) is 24.3 Å². The quantitative estimate of drug-likeness (QED) is 0.117. The van der Waals surface area contributed by atoms with Gasteiger partial charge in [0.2, 0.25) is 0 Å². The molecular weight excluding hydrogens is 464 g/mol. The van der Waals surface area contributed by atoms with Crippen molar-refractivity contribution in [3.8, 4) is 11.5 Å². The standard InChI is InChI=1S/C28H42O8/c1-23(29)21-27(31)35-19-11-7-3-5-9-17-33-25-13-15-26(16-14-25)34-18-10-6-4-8-12-20-36-28(32)22-24(2)30/h13-16H,3-12,17-22H2,1-2H3. The van der Waals surface area contributed by atoms with Crippen molar-refractivity contribution < 1.29 is 38.1 Å². The van der Waals surface area contributed by atoms with Crippen LogP contribution in [0.4, 0.5) is 0 Å². The Bertz CT molecular complexity index is 707. The van der Waals surface area contributed by atoms with E-state index in [4.69, 9.17) is 18.9 Å². The van der Waals surface area contributed by atoms with Crippen LogP contribution in [0.25, 0.3) is 0 Å². The van der Waals surface area contributed by atoms with E-state index in [1.165, 1.54) is 13.8 Å². The van der Waals surface area contributed by atoms with Gasteiger partial charge in [-0.1, -0.05) is 38.5 Å². The Morgan fingerprint density at radius 2 is 0.806 bits per heavy atom. The number of hydrogen-bond donors (Lipinski definition) is 0. The minimum atomic E-state index is -0.440. The Labute approximate surface area is 215 Å². The zero-order valence-corrected chi connectivity index (χ0v) is 21.9. The summed E-state index contributed by atoms with van der Waals surface area (Å²) in [4.78, 5) is 44.1. The SMILES string of the molecule is CC(=O)CC(=O)OCCCCCCCOc1ccc(OCCCCCCCOC(=O)CC(C)=O)cc1. The summed E-state index contributed by atoms with van der Waals surface area (Å²) in [5.74, 6) is 0.418. The molecule has 0 bridgehead atoms. The second-order valence-corrected chi connectivity index (χ2v) is 8.90. The van der Waals surface area contributed by atoms with Crippen molar-refractivity contribution in [2.75, 3.05) is 26.4 Å². The maximum absolute atomic E-state index is 11.3. The van der Waals surface area contributed by atoms with E-state index in [1.807, 2.05) is 24.3 Å². The highest BCUT2D eigenvalue weighted by molar-refractivity contribution is 5.94. The molecule has 0 spiro atoms. The largest absolute Gasteiger partial charge is 0.494 e. The number of benzene rings is 1. The number of hydrogen-bond acceptors (Lipinski definition) is 8. The van der Waals surface area contributed by atoms with Gasteiger partial charge in [-0.15, -0.1) is 0 Å². The molecule has 0 radical (unpaired) electrons. The molecule has 0 aliphatic heterocycles. The van der Waals surface area contributed by atoms with Crippen LogP contribution < -0.4 is 9.47 Å². The van der Waals surface area contributed by atoms with Crippen LogP contribution in [0.2, 0.25) is 0 Å². The second kappa shape index (κ2) is 20.3. The van der Waals surface area contributed by atoms with E-state index in [0.717, 1.165) is 75.7 Å². The number of rotatable bonds is 22. The maximum Gasteiger partial charge on any atom is 0.313 e. The monoisotopic (exact) mass is 506 g/mol. The first kappa shape index (κ1) is 31.1. The number of Topliss-reactive ketones (excluding diaryl/α,β-unsaturated/α-hetero) is 2. The third-order valence-corrected chi connectivity index (χ3v) is 5.25. The van der Waals surface area contributed by atoms with Crippen LogP contribution in [0.5, 0.6) is 11.5 Å². The molecule has 0 aliphatic carbocycles. The number of ether oxygens (including phenoxy) is 4. The Hall–Kier alpha value is -2.90. The van der Waals surface area contributed by atoms with Gasteiger partial charge < -0.3 is 18.9 Å². The minimum absolute atomic E-state index is 0.140. The smallest absolute Gasteiger partial charge is 0.313 e. The van der Waals surface area contributed by atoms with Crippen molar-refractivity contribution in [1.82, 2.24) is 0 Å². The predicted molar refractivity (Wildman–Crippen MR) is 136 cm³/mol. The van der Waals surface area contributed by atoms with Gasteiger partial charge in [0, 0.05) is 0 Å². The summed E-state index contributed by atoms with van der Waals surface area (Å²) in [7, 11) is 0. The molecule has 8 nitrogen and oxygen atoms in total. The van der Waals surface area contributed by atoms with Crippen LogP contribution in [0.3, 0.4) is 0 Å². The van der Waals surface area contributed by atoms with E-state index in [0.29, 0.717) is 26.4 Å². The molecule has 0 atom stereocenters. The zero-order chi connectivity index (χ0) is 26.4. The summed E-state index contributed by atoms with van der Waals surface area (Å²) in [6, 6.07) is 7.66. The van der Waals surface area contributed by atoms with Gasteiger partial charge in [0.15, 0.2) is 0 Å². The Balaban J connectivity index is 1.94. The molecule has 0 aromatic heterocycles. The van der Waals surface area contributed by atoms with Crippen LogP contribution in [-0.4, -0.2) is 49.9 Å². The Morgan fingerprint density at radius 1 is 0.500 bits per heavy atom. The molecule has 0 unspecified atom stereocenters. The highest BCUT2D eigenvalue weighted by atomic mass is 16.5. The van der Waals surface area contributed by atoms with Crippen molar-refractivity contribution in [3.63, 3.8) is 0 Å². The molecular formula is C28H42O8. The first-order valence-corrected chi connectivity index (χ1v) is 13.0. The summed E-state index contributed by atoms with van der Waals surface area (Å²) < 4.78 is 21.6. The minimum Gasteiger partial charge on any atom is -0.494 e. The highest BCUT2D eigenvalue weighted by Crippen LogP contribution is 2.18. The van der Waals surface area contributed by atoms with Gasteiger partial charge in [-0.05, 0) is 63.8 Å². The van der Waals surface area contributed by atoms with Crippen molar-refractivity contribution >= 4 is 23.5 Å². The number of unbranched alkanes of at least 4 members (excludes halogenated alkanes) is 8. The lowest BCUT2D eigenvalue weighted by Gasteiger charge is -2.09. The Morgan fingerprint density at radius 3 is 1.14 bits per heavy atom. The number of carbonyl (C=O) groups excluding carboxylic acids is 4. The van der Waals surface area contributed by atoms with Gasteiger partial charge in [-0.25, -0.2) is 0 Å². The van der Waals surface area contributed by atoms with Gasteiger partial charge in [0.25, 0.3) is 0 Å². The lowest BCUT2D eigenvalue weighted by Crippen LogP contribution is -2.09. The summed E-state index contributed by atoms with van der Waals surface area (Å²) in [5, 5.41) is 0. The van der Waals surface area contributed by atoms with Gasteiger partial charge in [-0.3, -0.25) is 19.2 Å². The Kier molecular flexibility index (Phi) is 17.6. The normalized spacial score (nSPS) is 10.5. The highest BCUT2D eigenvalue weighted by Gasteiger charge is 2.06. The van der Waals surface area contributed by atoms with Crippen molar-refractivity contribution in [2.45, 2.75) is 90.9 Å². The van der Waals surface area contributed by atoms with E-state index in [2.05, 4.69) is 0 Å². The molecule has 202 valence electrons. The molecule has 0 heterocycles. The summed E-state index contributed by atoms with van der Waals surface area (Å²) in [6.07, 6.45) is 9.43. The topological polar surface area (TPSA) is 105 Å². The van der Waals surface area contributed by atoms with Crippen LogP contribution in [0.1, 0.15) is 90.9 Å². The third-order valence-electron chi connectivity index (χ3n) is 5.25. The average Bonchev–Trinajstić information content (AvgIpc) is 2.82. The van der Waals surface area contributed by atoms with Gasteiger partial charge in [-0.2, -0.15) is 0 Å². The molecule has 8 heteroatoms. The van der Waals surface area contributed by atoms with E-state index < -0.39 is 11.9 Å². The first-order chi connectivity index (χ1) is 17.4. The van der Waals surface area contributed by atoms with E-state index in [-0.39, 0.29) is 24.4 Å². The predicted octanol–water partition coefficient (Wildman–Crippen LogP) is 5.39. The molecule has 36 heavy (non-hydrogen) atoms. The molecule has 0 amide bonds. The molecule has 0 aliphatic rings. The maximum atomic E-state index is 11.3. The number of ketones is 2. The van der Waals surface area contributed by atoms with E-state index in [9.17, 15) is 19.2 Å². The van der Waals surface area contributed by atoms with E-state index >= 15 is 0 Å². The molecule has 0 saturated carbocycles. The fourth-order valence-electron chi connectivity index (χ4n) is 3.36. The van der Waals surface area contributed by atoms with Gasteiger partial charge in [0.1, 0.15) is 35.9 Å². The molecule has 1 aromatic rings. The average molecular weight is 507 g/mol. The molecule has 0 N–H and O–H groups in total. The lowest BCUT2D eigenvalue weighted by molar-refractivity contribution is -0.147. The fourth-order valence-corrected chi connectivity index (χ4v) is 3.36. The lowest BCUT2D eigenvalue weighted by atomic mass is 10.1. The first-order valence-electron chi connectivity index (χ1n) is 13.0. The molecule has 0 saturated heterocycles. The van der Waals surface area contributed by atoms with Gasteiger partial charge in [0.05, 0.1) is 26.4 Å². The molecule has 0 fully saturated rings. The second-order valence-electron chi connectivity index (χ2n) is 8.90. The van der Waals surface area contributed by atoms with Crippen molar-refractivity contribution in [2.24, 2.45) is 0 Å². The van der Waals surface area contributed by atoms with Crippen LogP contribution >= 0.6 is 0 Å². The molecule has 1 aromatic carbocycles. The van der Waals surface area contributed by atoms with Crippen molar-refractivity contribution in [3.05, 3.63) is 24.3 Å². The molecule has 1 rings (SSSR count). The number of carbonyl (C=O) groups is 4. The van der Waals surface area contributed by atoms with Crippen molar-refractivity contribution in [1.29, 1.82) is 0 Å². The zero-order valence-electron chi connectivity index (χ0n) is 21.9. The van der Waals surface area contributed by atoms with Crippen LogP contribution in [0, 0.1) is 0 Å². The summed E-state index contributed by atoms with van der Waals surface area (Å²) in [6.45, 7) is 4.82. The fraction of sp³-hybridized carbons (Fsp3) is 0.643. The summed E-state index contributed by atoms with van der Waals surface area (Å²) >= 11 is 0. The third kappa shape index (κ3) is 18.4. The summed E-state index contributed by atoms with van der Waals surface area (Å²) in [5.41, 5.74) is 0. The van der Waals surface area contributed by atoms with E-state index in [1.54, 1.807) is 0 Å².